The molecule has 0 atom stereocenters. The van der Waals surface area contributed by atoms with E-state index in [4.69, 9.17) is 23.2 Å². The van der Waals surface area contributed by atoms with Crippen LogP contribution in [0.5, 0.6) is 11.5 Å². The van der Waals surface area contributed by atoms with Crippen molar-refractivity contribution in [2.75, 3.05) is 0 Å². The number of azo groups is 2. The van der Waals surface area contributed by atoms with Crippen LogP contribution >= 0.6 is 23.2 Å². The summed E-state index contributed by atoms with van der Waals surface area (Å²) in [4.78, 5) is 29.8. The van der Waals surface area contributed by atoms with E-state index in [9.17, 15) is 88.0 Å². The second kappa shape index (κ2) is 22.8. The molecule has 0 aliphatic carbocycles. The maximum absolute atomic E-state index is 12.6. The van der Waals surface area contributed by atoms with Crippen molar-refractivity contribution in [1.82, 2.24) is 29.9 Å². The van der Waals surface area contributed by atoms with Crippen LogP contribution in [0, 0.1) is 0 Å². The molecule has 0 unspecified atom stereocenters. The highest BCUT2D eigenvalue weighted by Gasteiger charge is 2.28. The number of nitrogens with zero attached hydrogens (tertiary/aromatic N) is 10. The molecule has 7 aromatic carbocycles. The SMILES string of the molecule is O=S(=O)(O)c1cc(N=c2[nH]c(Cl)nc(=Nc3cccc(N=c4nc(Cl)[nH]c(=Nc5cc(S(=O)(=O)O)cc6cc(S(=O)(=O)O)c(N=Nc7ccccc7S(=O)(=O)O)c(O)c56)[nH]4)c3)[nH]2)c2c(O)c(N=Nc3ccccc3S(=O)(=O)O)c(S(=O)(=O)O)cc2c1. The zero-order chi connectivity index (χ0) is 62.6. The number of nitrogens with one attached hydrogen (secondary N) is 4. The van der Waals surface area contributed by atoms with Crippen molar-refractivity contribution < 1.29 is 88.0 Å². The van der Waals surface area contributed by atoms with Gasteiger partial charge in [0.15, 0.2) is 11.5 Å². The average molecular weight is 1340 g/mol. The highest BCUT2D eigenvalue weighted by Crippen LogP contribution is 2.48. The van der Waals surface area contributed by atoms with Gasteiger partial charge in [-0.1, -0.05) is 30.3 Å². The van der Waals surface area contributed by atoms with Gasteiger partial charge in [0.2, 0.25) is 33.0 Å². The molecular formula is C44H30Cl2N14O20S6. The third kappa shape index (κ3) is 13.8. The Morgan fingerprint density at radius 2 is 0.733 bits per heavy atom. The molecule has 42 heteroatoms. The first kappa shape index (κ1) is 61.7. The van der Waals surface area contributed by atoms with E-state index in [1.54, 1.807) is 0 Å². The predicted molar refractivity (Wildman–Crippen MR) is 295 cm³/mol. The lowest BCUT2D eigenvalue weighted by Gasteiger charge is -2.12. The quantitative estimate of drug-likeness (QED) is 0.0435. The van der Waals surface area contributed by atoms with Crippen LogP contribution in [0.3, 0.4) is 0 Å². The molecule has 0 saturated carbocycles. The summed E-state index contributed by atoms with van der Waals surface area (Å²) in [5, 5.41) is 34.9. The summed E-state index contributed by atoms with van der Waals surface area (Å²) in [6.07, 6.45) is 0. The minimum atomic E-state index is -5.39. The summed E-state index contributed by atoms with van der Waals surface area (Å²) in [5.74, 6) is -2.31. The van der Waals surface area contributed by atoms with Crippen LogP contribution in [0.2, 0.25) is 10.6 Å². The van der Waals surface area contributed by atoms with Crippen molar-refractivity contribution >= 4 is 151 Å². The fourth-order valence-electron chi connectivity index (χ4n) is 7.76. The molecule has 0 aliphatic rings. The monoisotopic (exact) mass is 1340 g/mol. The number of fused-ring (bicyclic) bond motifs is 2. The van der Waals surface area contributed by atoms with E-state index in [1.807, 2.05) is 0 Å². The molecule has 446 valence electrons. The second-order valence-corrected chi connectivity index (χ2v) is 26.1. The van der Waals surface area contributed by atoms with Crippen LogP contribution in [0.1, 0.15) is 0 Å². The Kier molecular flexibility index (Phi) is 16.4. The lowest BCUT2D eigenvalue weighted by Crippen LogP contribution is -2.27. The minimum Gasteiger partial charge on any atom is -0.505 e. The molecule has 0 amide bonds. The summed E-state index contributed by atoms with van der Waals surface area (Å²) in [6, 6.07) is 18.5. The number of rotatable bonds is 14. The van der Waals surface area contributed by atoms with Gasteiger partial charge in [0.25, 0.3) is 60.7 Å². The second-order valence-electron chi connectivity index (χ2n) is 17.0. The Balaban J connectivity index is 1.16. The van der Waals surface area contributed by atoms with Crippen LogP contribution < -0.4 is 22.5 Å². The normalized spacial score (nSPS) is 14.0. The van der Waals surface area contributed by atoms with Crippen LogP contribution in [-0.4, -0.2) is 118 Å². The van der Waals surface area contributed by atoms with Gasteiger partial charge < -0.3 is 20.2 Å². The van der Waals surface area contributed by atoms with Crippen molar-refractivity contribution in [1.29, 1.82) is 0 Å². The van der Waals surface area contributed by atoms with Gasteiger partial charge in [-0.05, 0) is 113 Å². The number of phenols is 2. The number of aromatic hydroxyl groups is 2. The summed E-state index contributed by atoms with van der Waals surface area (Å²) in [7, 11) is -31.0. The van der Waals surface area contributed by atoms with Crippen LogP contribution in [-0.2, 0) is 60.7 Å². The van der Waals surface area contributed by atoms with Gasteiger partial charge in [-0.2, -0.15) is 60.5 Å². The number of aromatic nitrogens is 6. The summed E-state index contributed by atoms with van der Waals surface area (Å²) in [5.41, 5.74) is -5.88. The van der Waals surface area contributed by atoms with Gasteiger partial charge >= 0.3 is 0 Å². The van der Waals surface area contributed by atoms with Gasteiger partial charge in [0.1, 0.15) is 42.3 Å². The van der Waals surface area contributed by atoms with Crippen molar-refractivity contribution in [3.8, 4) is 11.5 Å². The van der Waals surface area contributed by atoms with Crippen molar-refractivity contribution in [2.24, 2.45) is 40.4 Å². The smallest absolute Gasteiger partial charge is 0.296 e. The number of phenolic OH excluding ortho intramolecular Hbond substituents is 2. The first-order chi connectivity index (χ1) is 40.0. The first-order valence-electron chi connectivity index (χ1n) is 22.6. The van der Waals surface area contributed by atoms with Gasteiger partial charge in [-0.3, -0.25) is 37.3 Å². The zero-order valence-corrected chi connectivity index (χ0v) is 48.0. The van der Waals surface area contributed by atoms with E-state index in [0.29, 0.717) is 36.4 Å². The molecule has 34 nitrogen and oxygen atoms in total. The molecule has 12 N–H and O–H groups in total. The van der Waals surface area contributed by atoms with E-state index < -0.39 is 179 Å². The fourth-order valence-corrected chi connectivity index (χ4v) is 11.7. The van der Waals surface area contributed by atoms with Crippen LogP contribution in [0.4, 0.5) is 45.5 Å². The molecule has 0 aliphatic heterocycles. The maximum Gasteiger partial charge on any atom is 0.296 e. The number of halogens is 2. The topological polar surface area (TPSA) is 555 Å². The van der Waals surface area contributed by atoms with Crippen molar-refractivity contribution in [3.63, 3.8) is 0 Å². The molecule has 2 aromatic heterocycles. The van der Waals surface area contributed by atoms with E-state index in [0.717, 1.165) is 24.3 Å². The molecule has 0 radical (unpaired) electrons. The Bertz CT molecular complexity index is 5170. The van der Waals surface area contributed by atoms with E-state index in [2.05, 4.69) is 70.3 Å². The average Bonchev–Trinajstić information content (AvgIpc) is 0.852. The molecule has 9 aromatic rings. The minimum absolute atomic E-state index is 0.0455. The lowest BCUT2D eigenvalue weighted by atomic mass is 10.1. The number of aromatic amines is 4. The van der Waals surface area contributed by atoms with E-state index >= 15 is 0 Å². The molecule has 86 heavy (non-hydrogen) atoms. The molecule has 0 saturated heterocycles. The summed E-state index contributed by atoms with van der Waals surface area (Å²) in [6.45, 7) is 0. The van der Waals surface area contributed by atoms with Gasteiger partial charge in [-0.25, -0.2) is 20.0 Å². The molecule has 0 fully saturated rings. The lowest BCUT2D eigenvalue weighted by molar-refractivity contribution is 0.471. The van der Waals surface area contributed by atoms with Gasteiger partial charge in [0, 0.05) is 0 Å². The van der Waals surface area contributed by atoms with Crippen LogP contribution in [0.15, 0.2) is 179 Å². The van der Waals surface area contributed by atoms with E-state index in [1.165, 1.54) is 48.5 Å². The third-order valence-electron chi connectivity index (χ3n) is 11.2. The molecule has 9 rings (SSSR count). The molecule has 0 bridgehead atoms. The summed E-state index contributed by atoms with van der Waals surface area (Å²) < 4.78 is 208. The van der Waals surface area contributed by atoms with Crippen molar-refractivity contribution in [3.05, 3.63) is 142 Å². The highest BCUT2D eigenvalue weighted by atomic mass is 35.5. The maximum atomic E-state index is 12.6. The van der Waals surface area contributed by atoms with E-state index in [-0.39, 0.29) is 22.6 Å². The fraction of sp³-hybridized carbons (Fsp3) is 0. The standard InChI is InChI=1S/C44H30Cl2N14O20S6/c45-39-51-41(55-43(53-39)49-27-17-23(81(63,64)65)12-19-14-31(85(75,76)77)35(37(61)33(19)27)59-57-25-8-1-3-10-29(25)83(69,70)71)47-21-6-5-7-22(16-21)48-42-52-40(46)54-44(56-42)50-28-18-24(82(66,67)68)13-20-15-32(86(78,79)80)36(38(62)34(20)28)60-58-26-9-2-4-11-30(26)84(72,73)74/h1-18,61-62H,(H,63,64,65)(H,66,67,68)(H,69,70,71)(H,72,73,74)(H,75,76,77)(H,78,79,80)(H2,47,49,51,53,55)(H2,48,50,52,54,56). The Morgan fingerprint density at radius 1 is 0.372 bits per heavy atom. The number of H-pyrrole nitrogens is 4. The number of hydrogen-bond donors (Lipinski definition) is 12. The van der Waals surface area contributed by atoms with Crippen molar-refractivity contribution in [2.45, 2.75) is 29.4 Å². The Hall–Kier alpha value is -8.88. The highest BCUT2D eigenvalue weighted by molar-refractivity contribution is 7.87. The first-order valence-corrected chi connectivity index (χ1v) is 32.0. The molecular weight excluding hydrogens is 1310 g/mol. The Morgan fingerprint density at radius 3 is 1.08 bits per heavy atom. The summed E-state index contributed by atoms with van der Waals surface area (Å²) >= 11 is 12.6. The predicted octanol–water partition coefficient (Wildman–Crippen LogP) is 6.05. The van der Waals surface area contributed by atoms with Gasteiger partial charge in [-0.15, -0.1) is 20.5 Å². The van der Waals surface area contributed by atoms with Gasteiger partial charge in [0.05, 0.1) is 43.3 Å². The third-order valence-corrected chi connectivity index (χ3v) is 16.8. The zero-order valence-electron chi connectivity index (χ0n) is 41.5. The molecule has 0 spiro atoms. The largest absolute Gasteiger partial charge is 0.505 e. The Labute approximate surface area is 489 Å². The number of benzene rings is 7. The number of hydrogen-bond acceptors (Lipinski definition) is 24. The molecule has 2 heterocycles. The van der Waals surface area contributed by atoms with Crippen LogP contribution in [0.25, 0.3) is 21.5 Å².